The van der Waals surface area contributed by atoms with E-state index >= 15 is 0 Å². The number of aryl methyl sites for hydroxylation is 1. The molecule has 0 aliphatic carbocycles. The maximum atomic E-state index is 12.0. The number of nitrogens with one attached hydrogen (secondary N) is 2. The standard InChI is InChI=1S/C20H18N2O2S/c23-19(13-8-15-5-2-1-3-6-15)21-16-9-11-17(12-10-16)22-20(24)18-7-4-14-25-18/h1-7,9-12,14H,8,13H2,(H,21,23)(H,22,24). The molecular formula is C20H18N2O2S. The summed E-state index contributed by atoms with van der Waals surface area (Å²) in [6.07, 6.45) is 1.14. The van der Waals surface area contributed by atoms with Crippen molar-refractivity contribution in [1.82, 2.24) is 0 Å². The lowest BCUT2D eigenvalue weighted by atomic mass is 10.1. The second kappa shape index (κ2) is 8.26. The fourth-order valence-corrected chi connectivity index (χ4v) is 2.98. The van der Waals surface area contributed by atoms with Gasteiger partial charge in [0.1, 0.15) is 0 Å². The van der Waals surface area contributed by atoms with E-state index in [-0.39, 0.29) is 11.8 Å². The zero-order chi connectivity index (χ0) is 17.5. The molecule has 2 amide bonds. The number of hydrogen-bond donors (Lipinski definition) is 2. The third-order valence-corrected chi connectivity index (χ3v) is 4.52. The molecule has 0 bridgehead atoms. The van der Waals surface area contributed by atoms with Crippen LogP contribution in [0.3, 0.4) is 0 Å². The van der Waals surface area contributed by atoms with E-state index in [1.165, 1.54) is 11.3 Å². The third kappa shape index (κ3) is 5.02. The summed E-state index contributed by atoms with van der Waals surface area (Å²) in [5.41, 5.74) is 2.55. The van der Waals surface area contributed by atoms with Crippen molar-refractivity contribution in [1.29, 1.82) is 0 Å². The van der Waals surface area contributed by atoms with E-state index in [1.54, 1.807) is 30.3 Å². The van der Waals surface area contributed by atoms with E-state index in [2.05, 4.69) is 10.6 Å². The van der Waals surface area contributed by atoms with Gasteiger partial charge in [-0.3, -0.25) is 9.59 Å². The van der Waals surface area contributed by atoms with Gasteiger partial charge in [0.05, 0.1) is 4.88 Å². The Morgan fingerprint density at radius 1 is 0.800 bits per heavy atom. The number of carbonyl (C=O) groups excluding carboxylic acids is 2. The number of carbonyl (C=O) groups is 2. The van der Waals surface area contributed by atoms with E-state index in [9.17, 15) is 9.59 Å². The van der Waals surface area contributed by atoms with Gasteiger partial charge >= 0.3 is 0 Å². The summed E-state index contributed by atoms with van der Waals surface area (Å²) in [4.78, 5) is 24.7. The van der Waals surface area contributed by atoms with E-state index in [4.69, 9.17) is 0 Å². The van der Waals surface area contributed by atoms with Crippen LogP contribution in [0.5, 0.6) is 0 Å². The minimum atomic E-state index is -0.130. The Kier molecular flexibility index (Phi) is 5.59. The van der Waals surface area contributed by atoms with Crippen LogP contribution in [0.25, 0.3) is 0 Å². The summed E-state index contributed by atoms with van der Waals surface area (Å²) in [7, 11) is 0. The molecule has 5 heteroatoms. The Hall–Kier alpha value is -2.92. The molecule has 0 atom stereocenters. The highest BCUT2D eigenvalue weighted by molar-refractivity contribution is 7.12. The molecule has 3 aromatic rings. The van der Waals surface area contributed by atoms with Crippen LogP contribution in [-0.2, 0) is 11.2 Å². The Morgan fingerprint density at radius 2 is 1.48 bits per heavy atom. The van der Waals surface area contributed by atoms with Crippen molar-refractivity contribution in [2.24, 2.45) is 0 Å². The van der Waals surface area contributed by atoms with Crippen LogP contribution >= 0.6 is 11.3 Å². The Labute approximate surface area is 150 Å². The van der Waals surface area contributed by atoms with Gasteiger partial charge in [0, 0.05) is 17.8 Å². The van der Waals surface area contributed by atoms with Crippen molar-refractivity contribution >= 4 is 34.5 Å². The van der Waals surface area contributed by atoms with E-state index < -0.39 is 0 Å². The predicted octanol–water partition coefficient (Wildman–Crippen LogP) is 4.57. The quantitative estimate of drug-likeness (QED) is 0.684. The van der Waals surface area contributed by atoms with Crippen LogP contribution in [0.2, 0.25) is 0 Å². The van der Waals surface area contributed by atoms with E-state index in [1.807, 2.05) is 41.8 Å². The highest BCUT2D eigenvalue weighted by atomic mass is 32.1. The molecule has 2 aromatic carbocycles. The first-order valence-corrected chi connectivity index (χ1v) is 8.87. The van der Waals surface area contributed by atoms with Gasteiger partial charge in [-0.1, -0.05) is 36.4 Å². The molecule has 0 saturated heterocycles. The van der Waals surface area contributed by atoms with Crippen molar-refractivity contribution in [3.63, 3.8) is 0 Å². The summed E-state index contributed by atoms with van der Waals surface area (Å²) in [6, 6.07) is 20.7. The van der Waals surface area contributed by atoms with Crippen LogP contribution in [0.15, 0.2) is 72.1 Å². The maximum absolute atomic E-state index is 12.0. The van der Waals surface area contributed by atoms with E-state index in [0.29, 0.717) is 29.1 Å². The first-order chi connectivity index (χ1) is 12.2. The van der Waals surface area contributed by atoms with Crippen molar-refractivity contribution in [3.8, 4) is 0 Å². The highest BCUT2D eigenvalue weighted by Crippen LogP contribution is 2.16. The largest absolute Gasteiger partial charge is 0.326 e. The monoisotopic (exact) mass is 350 g/mol. The van der Waals surface area contributed by atoms with Gasteiger partial charge in [0.15, 0.2) is 0 Å². The average Bonchev–Trinajstić information content (AvgIpc) is 3.17. The first kappa shape index (κ1) is 16.9. The number of thiophene rings is 1. The first-order valence-electron chi connectivity index (χ1n) is 7.99. The molecule has 0 aliphatic heterocycles. The minimum absolute atomic E-state index is 0.0285. The molecule has 1 aromatic heterocycles. The van der Waals surface area contributed by atoms with Gasteiger partial charge in [-0.2, -0.15) is 0 Å². The predicted molar refractivity (Wildman–Crippen MR) is 102 cm³/mol. The van der Waals surface area contributed by atoms with Crippen molar-refractivity contribution < 1.29 is 9.59 Å². The molecule has 0 fully saturated rings. The number of benzene rings is 2. The summed E-state index contributed by atoms with van der Waals surface area (Å²) < 4.78 is 0. The molecule has 0 spiro atoms. The molecule has 2 N–H and O–H groups in total. The van der Waals surface area contributed by atoms with Crippen LogP contribution in [-0.4, -0.2) is 11.8 Å². The van der Waals surface area contributed by atoms with Crippen LogP contribution in [0, 0.1) is 0 Å². The van der Waals surface area contributed by atoms with Crippen molar-refractivity contribution in [2.45, 2.75) is 12.8 Å². The molecule has 0 aliphatic rings. The van der Waals surface area contributed by atoms with Crippen molar-refractivity contribution in [2.75, 3.05) is 10.6 Å². The smallest absolute Gasteiger partial charge is 0.265 e. The van der Waals surface area contributed by atoms with Crippen LogP contribution in [0.1, 0.15) is 21.7 Å². The molecule has 126 valence electrons. The molecule has 4 nitrogen and oxygen atoms in total. The lowest BCUT2D eigenvalue weighted by Gasteiger charge is -2.07. The molecule has 0 saturated carbocycles. The second-order valence-corrected chi connectivity index (χ2v) is 6.49. The summed E-state index contributed by atoms with van der Waals surface area (Å²) in [5, 5.41) is 7.57. The Bertz CT molecular complexity index is 828. The van der Waals surface area contributed by atoms with Crippen LogP contribution in [0.4, 0.5) is 11.4 Å². The second-order valence-electron chi connectivity index (χ2n) is 5.54. The summed E-state index contributed by atoms with van der Waals surface area (Å²) >= 11 is 1.40. The van der Waals surface area contributed by atoms with Gasteiger partial charge < -0.3 is 10.6 Å². The molecule has 25 heavy (non-hydrogen) atoms. The molecular weight excluding hydrogens is 332 g/mol. The fraction of sp³-hybridized carbons (Fsp3) is 0.100. The number of anilines is 2. The number of hydrogen-bond acceptors (Lipinski definition) is 3. The maximum Gasteiger partial charge on any atom is 0.265 e. The topological polar surface area (TPSA) is 58.2 Å². The van der Waals surface area contributed by atoms with Gasteiger partial charge in [0.25, 0.3) is 5.91 Å². The lowest BCUT2D eigenvalue weighted by molar-refractivity contribution is -0.116. The van der Waals surface area contributed by atoms with Gasteiger partial charge in [-0.25, -0.2) is 0 Å². The van der Waals surface area contributed by atoms with Gasteiger partial charge in [-0.05, 0) is 47.7 Å². The average molecular weight is 350 g/mol. The SMILES string of the molecule is O=C(CCc1ccccc1)Nc1ccc(NC(=O)c2cccs2)cc1. The number of rotatable bonds is 6. The van der Waals surface area contributed by atoms with Gasteiger partial charge in [0.2, 0.25) is 5.91 Å². The zero-order valence-corrected chi connectivity index (χ0v) is 14.4. The Morgan fingerprint density at radius 3 is 2.12 bits per heavy atom. The third-order valence-electron chi connectivity index (χ3n) is 3.66. The zero-order valence-electron chi connectivity index (χ0n) is 13.6. The minimum Gasteiger partial charge on any atom is -0.326 e. The Balaban J connectivity index is 1.50. The highest BCUT2D eigenvalue weighted by Gasteiger charge is 2.07. The summed E-state index contributed by atoms with van der Waals surface area (Å²) in [6.45, 7) is 0. The lowest BCUT2D eigenvalue weighted by Crippen LogP contribution is -2.13. The van der Waals surface area contributed by atoms with Gasteiger partial charge in [-0.15, -0.1) is 11.3 Å². The summed E-state index contributed by atoms with van der Waals surface area (Å²) in [5.74, 6) is -0.158. The molecule has 0 unspecified atom stereocenters. The van der Waals surface area contributed by atoms with E-state index in [0.717, 1.165) is 5.56 Å². The fourth-order valence-electron chi connectivity index (χ4n) is 2.36. The molecule has 1 heterocycles. The number of amides is 2. The van der Waals surface area contributed by atoms with Crippen LogP contribution < -0.4 is 10.6 Å². The molecule has 3 rings (SSSR count). The normalized spacial score (nSPS) is 10.2. The molecule has 0 radical (unpaired) electrons. The van der Waals surface area contributed by atoms with Crippen molar-refractivity contribution in [3.05, 3.63) is 82.6 Å².